The highest BCUT2D eigenvalue weighted by Crippen LogP contribution is 2.23. The fraction of sp³-hybridized carbons (Fsp3) is 0.111. The molecule has 0 aliphatic rings. The number of halogens is 2. The summed E-state index contributed by atoms with van der Waals surface area (Å²) in [6, 6.07) is 1.89. The second-order valence-electron chi connectivity index (χ2n) is 2.78. The van der Waals surface area contributed by atoms with Crippen molar-refractivity contribution in [1.29, 1.82) is 0 Å². The summed E-state index contributed by atoms with van der Waals surface area (Å²) in [5, 5.41) is 6.67. The lowest BCUT2D eigenvalue weighted by Crippen LogP contribution is -1.99. The first-order valence-electron chi connectivity index (χ1n) is 4.19. The Morgan fingerprint density at radius 1 is 1.47 bits per heavy atom. The molecule has 0 radical (unpaired) electrons. The summed E-state index contributed by atoms with van der Waals surface area (Å²) in [5.74, 6) is 0. The molecule has 2 aromatic heterocycles. The average molecular weight is 305 g/mol. The highest BCUT2D eigenvalue weighted by atomic mass is 79.9. The molecule has 0 fully saturated rings. The van der Waals surface area contributed by atoms with Crippen molar-refractivity contribution in [3.05, 3.63) is 38.5 Å². The van der Waals surface area contributed by atoms with Crippen LogP contribution in [-0.4, -0.2) is 9.97 Å². The summed E-state index contributed by atoms with van der Waals surface area (Å²) < 4.78 is 0.785. The van der Waals surface area contributed by atoms with E-state index in [9.17, 15) is 0 Å². The molecule has 2 rings (SSSR count). The summed E-state index contributed by atoms with van der Waals surface area (Å²) in [4.78, 5) is 8.19. The van der Waals surface area contributed by atoms with Gasteiger partial charge in [0.1, 0.15) is 10.2 Å². The van der Waals surface area contributed by atoms with Gasteiger partial charge < -0.3 is 5.32 Å². The zero-order valence-electron chi connectivity index (χ0n) is 7.58. The van der Waals surface area contributed by atoms with Gasteiger partial charge in [-0.2, -0.15) is 0 Å². The third kappa shape index (κ3) is 2.90. The molecule has 2 aromatic rings. The molecule has 2 heterocycles. The highest BCUT2D eigenvalue weighted by Gasteiger charge is 2.00. The third-order valence-corrected chi connectivity index (χ3v) is 3.64. The lowest BCUT2D eigenvalue weighted by Gasteiger charge is -2.04. The zero-order chi connectivity index (χ0) is 10.7. The number of nitrogens with one attached hydrogen (secondary N) is 1. The van der Waals surface area contributed by atoms with Gasteiger partial charge in [0.2, 0.25) is 0 Å². The van der Waals surface area contributed by atoms with Crippen LogP contribution in [0.1, 0.15) is 5.01 Å². The van der Waals surface area contributed by atoms with E-state index in [0.29, 0.717) is 11.7 Å². The molecule has 0 atom stereocenters. The standard InChI is InChI=1S/C9H7BrClN3S/c10-7-3-6(4-14-9(7)11)13-5-8-12-1-2-15-8/h1-4,13H,5H2. The van der Waals surface area contributed by atoms with Crippen LogP contribution in [-0.2, 0) is 6.54 Å². The molecule has 1 N–H and O–H groups in total. The summed E-state index contributed by atoms with van der Waals surface area (Å²) in [6.45, 7) is 0.702. The van der Waals surface area contributed by atoms with Crippen molar-refractivity contribution < 1.29 is 0 Å². The van der Waals surface area contributed by atoms with E-state index in [1.54, 1.807) is 23.7 Å². The van der Waals surface area contributed by atoms with E-state index in [1.807, 2.05) is 11.4 Å². The number of anilines is 1. The molecule has 0 saturated carbocycles. The van der Waals surface area contributed by atoms with Crippen molar-refractivity contribution in [3.63, 3.8) is 0 Å². The van der Waals surface area contributed by atoms with Gasteiger partial charge in [0.05, 0.1) is 22.9 Å². The van der Waals surface area contributed by atoms with Crippen molar-refractivity contribution >= 4 is 44.6 Å². The lowest BCUT2D eigenvalue weighted by atomic mass is 10.4. The Balaban J connectivity index is 2.02. The number of rotatable bonds is 3. The summed E-state index contributed by atoms with van der Waals surface area (Å²) in [7, 11) is 0. The Morgan fingerprint density at radius 3 is 3.00 bits per heavy atom. The van der Waals surface area contributed by atoms with Crippen molar-refractivity contribution in [1.82, 2.24) is 9.97 Å². The van der Waals surface area contributed by atoms with Gasteiger partial charge in [-0.05, 0) is 22.0 Å². The molecule has 0 aliphatic heterocycles. The zero-order valence-corrected chi connectivity index (χ0v) is 10.7. The molecular formula is C9H7BrClN3S. The predicted molar refractivity (Wildman–Crippen MR) is 66.4 cm³/mol. The van der Waals surface area contributed by atoms with Crippen LogP contribution in [0.2, 0.25) is 5.15 Å². The van der Waals surface area contributed by atoms with Crippen molar-refractivity contribution in [2.45, 2.75) is 6.54 Å². The van der Waals surface area contributed by atoms with Crippen molar-refractivity contribution in [3.8, 4) is 0 Å². The minimum atomic E-state index is 0.467. The van der Waals surface area contributed by atoms with E-state index < -0.39 is 0 Å². The molecule has 15 heavy (non-hydrogen) atoms. The minimum absolute atomic E-state index is 0.467. The third-order valence-electron chi connectivity index (χ3n) is 1.72. The molecule has 3 nitrogen and oxygen atoms in total. The second-order valence-corrected chi connectivity index (χ2v) is 4.97. The average Bonchev–Trinajstić information content (AvgIpc) is 2.73. The SMILES string of the molecule is Clc1ncc(NCc2nccs2)cc1Br. The first kappa shape index (κ1) is 10.9. The smallest absolute Gasteiger partial charge is 0.143 e. The molecule has 0 amide bonds. The fourth-order valence-corrected chi connectivity index (χ4v) is 2.04. The summed E-state index contributed by atoms with van der Waals surface area (Å²) >= 11 is 10.7. The van der Waals surface area contributed by atoms with Gasteiger partial charge in [0.15, 0.2) is 0 Å². The molecule has 0 unspecified atom stereocenters. The number of thiazole rings is 1. The van der Waals surface area contributed by atoms with Gasteiger partial charge >= 0.3 is 0 Å². The van der Waals surface area contributed by atoms with E-state index >= 15 is 0 Å². The van der Waals surface area contributed by atoms with Crippen LogP contribution in [0, 0.1) is 0 Å². The molecule has 0 bridgehead atoms. The number of hydrogen-bond donors (Lipinski definition) is 1. The Morgan fingerprint density at radius 2 is 2.33 bits per heavy atom. The van der Waals surface area contributed by atoms with Gasteiger partial charge in [0.25, 0.3) is 0 Å². The number of pyridine rings is 1. The van der Waals surface area contributed by atoms with Crippen LogP contribution in [0.5, 0.6) is 0 Å². The largest absolute Gasteiger partial charge is 0.377 e. The summed E-state index contributed by atoms with van der Waals surface area (Å²) in [6.07, 6.45) is 3.48. The first-order chi connectivity index (χ1) is 7.25. The van der Waals surface area contributed by atoms with Gasteiger partial charge in [-0.3, -0.25) is 0 Å². The maximum Gasteiger partial charge on any atom is 0.143 e. The number of aromatic nitrogens is 2. The Bertz CT molecular complexity index is 447. The van der Waals surface area contributed by atoms with Gasteiger partial charge in [-0.15, -0.1) is 11.3 Å². The van der Waals surface area contributed by atoms with Gasteiger partial charge in [0, 0.05) is 11.6 Å². The molecule has 0 saturated heterocycles. The molecule has 0 aliphatic carbocycles. The summed E-state index contributed by atoms with van der Waals surface area (Å²) in [5.41, 5.74) is 0.918. The lowest BCUT2D eigenvalue weighted by molar-refractivity contribution is 1.10. The van der Waals surface area contributed by atoms with E-state index in [-0.39, 0.29) is 0 Å². The first-order valence-corrected chi connectivity index (χ1v) is 6.24. The second kappa shape index (κ2) is 4.92. The van der Waals surface area contributed by atoms with Crippen molar-refractivity contribution in [2.24, 2.45) is 0 Å². The molecule has 78 valence electrons. The minimum Gasteiger partial charge on any atom is -0.377 e. The molecule has 0 aromatic carbocycles. The van der Waals surface area contributed by atoms with E-state index in [4.69, 9.17) is 11.6 Å². The fourth-order valence-electron chi connectivity index (χ4n) is 1.04. The van der Waals surface area contributed by atoms with E-state index in [2.05, 4.69) is 31.2 Å². The quantitative estimate of drug-likeness (QED) is 0.881. The Hall–Kier alpha value is -0.650. The van der Waals surface area contributed by atoms with Crippen LogP contribution in [0.15, 0.2) is 28.3 Å². The normalized spacial score (nSPS) is 10.3. The molecular weight excluding hydrogens is 298 g/mol. The van der Waals surface area contributed by atoms with Gasteiger partial charge in [-0.25, -0.2) is 9.97 Å². The van der Waals surface area contributed by atoms with Crippen LogP contribution in [0.3, 0.4) is 0 Å². The Kier molecular flexibility index (Phi) is 3.56. The Labute approximate surface area is 105 Å². The number of hydrogen-bond acceptors (Lipinski definition) is 4. The monoisotopic (exact) mass is 303 g/mol. The highest BCUT2D eigenvalue weighted by molar-refractivity contribution is 9.10. The van der Waals surface area contributed by atoms with Crippen LogP contribution < -0.4 is 5.32 Å². The maximum absolute atomic E-state index is 5.78. The maximum atomic E-state index is 5.78. The number of nitrogens with zero attached hydrogens (tertiary/aromatic N) is 2. The van der Waals surface area contributed by atoms with Crippen LogP contribution in [0.4, 0.5) is 5.69 Å². The topological polar surface area (TPSA) is 37.8 Å². The van der Waals surface area contributed by atoms with Crippen LogP contribution >= 0.6 is 38.9 Å². The van der Waals surface area contributed by atoms with E-state index in [1.165, 1.54) is 0 Å². The van der Waals surface area contributed by atoms with E-state index in [0.717, 1.165) is 15.2 Å². The molecule has 0 spiro atoms. The predicted octanol–water partition coefficient (Wildman–Crippen LogP) is 3.57. The van der Waals surface area contributed by atoms with Crippen LogP contribution in [0.25, 0.3) is 0 Å². The van der Waals surface area contributed by atoms with Crippen molar-refractivity contribution in [2.75, 3.05) is 5.32 Å². The van der Waals surface area contributed by atoms with Gasteiger partial charge in [-0.1, -0.05) is 11.6 Å². The molecule has 6 heteroatoms.